The summed E-state index contributed by atoms with van der Waals surface area (Å²) in [6.45, 7) is 3.96. The number of carbonyl (C=O) groups excluding carboxylic acids is 2. The molecule has 1 fully saturated rings. The Morgan fingerprint density at radius 2 is 1.97 bits per heavy atom. The lowest BCUT2D eigenvalue weighted by Gasteiger charge is -2.36. The van der Waals surface area contributed by atoms with Gasteiger partial charge < -0.3 is 15.0 Å². The Hall–Kier alpha value is -2.48. The molecule has 0 bridgehead atoms. The van der Waals surface area contributed by atoms with E-state index in [1.807, 2.05) is 38.1 Å². The van der Waals surface area contributed by atoms with Crippen LogP contribution in [0.5, 0.6) is 5.75 Å². The molecule has 1 aromatic heterocycles. The molecule has 1 aliphatic rings. The van der Waals surface area contributed by atoms with E-state index in [-0.39, 0.29) is 29.6 Å². The molecule has 2 amide bonds. The van der Waals surface area contributed by atoms with E-state index in [0.717, 1.165) is 42.8 Å². The number of hydrogen-bond acceptors (Lipinski definition) is 6. The summed E-state index contributed by atoms with van der Waals surface area (Å²) in [4.78, 5) is 28.4. The van der Waals surface area contributed by atoms with E-state index >= 15 is 0 Å². The van der Waals surface area contributed by atoms with Crippen molar-refractivity contribution in [3.8, 4) is 5.75 Å². The molecule has 1 heterocycles. The Balaban J connectivity index is 1.98. The molecule has 1 aliphatic carbocycles. The number of nitrogens with one attached hydrogen (secondary N) is 1. The van der Waals surface area contributed by atoms with Crippen molar-refractivity contribution in [2.45, 2.75) is 64.1 Å². The van der Waals surface area contributed by atoms with Gasteiger partial charge in [0.1, 0.15) is 11.8 Å². The number of rotatable bonds is 8. The number of carbonyl (C=O) groups is 2. The fraction of sp³-hybridized carbons (Fsp3) is 0.524. The minimum atomic E-state index is -0.745. The van der Waals surface area contributed by atoms with Gasteiger partial charge in [-0.15, -0.1) is 5.10 Å². The standard InChI is InChI=1S/C21H28N4O3S/c1-4-14(2)25(21(27)18-13-29-24-23-18)19(15-9-11-17(28-3)12-10-15)20(26)22-16-7-5-6-8-16/h9-14,16,19H,4-8H2,1-3H3,(H,22,26)/t14-,19+/m0/s1. The number of ether oxygens (including phenoxy) is 1. The van der Waals surface area contributed by atoms with Crippen molar-refractivity contribution in [3.63, 3.8) is 0 Å². The molecule has 2 atom stereocenters. The first-order valence-electron chi connectivity index (χ1n) is 10.1. The van der Waals surface area contributed by atoms with Gasteiger partial charge in [0, 0.05) is 17.5 Å². The highest BCUT2D eigenvalue weighted by molar-refractivity contribution is 7.03. The molecule has 8 heteroatoms. The van der Waals surface area contributed by atoms with Crippen LogP contribution >= 0.6 is 11.5 Å². The maximum Gasteiger partial charge on any atom is 0.276 e. The van der Waals surface area contributed by atoms with E-state index in [9.17, 15) is 9.59 Å². The monoisotopic (exact) mass is 416 g/mol. The maximum atomic E-state index is 13.4. The predicted molar refractivity (Wildman–Crippen MR) is 112 cm³/mol. The Bertz CT molecular complexity index is 804. The van der Waals surface area contributed by atoms with Gasteiger partial charge in [0.15, 0.2) is 5.69 Å². The molecule has 1 aromatic carbocycles. The molecule has 156 valence electrons. The topological polar surface area (TPSA) is 84.4 Å². The zero-order valence-electron chi connectivity index (χ0n) is 17.1. The van der Waals surface area contributed by atoms with Gasteiger partial charge in [-0.25, -0.2) is 0 Å². The average Bonchev–Trinajstić information content (AvgIpc) is 3.45. The van der Waals surface area contributed by atoms with Crippen molar-refractivity contribution in [2.24, 2.45) is 0 Å². The number of benzene rings is 1. The third-order valence-corrected chi connectivity index (χ3v) is 6.04. The molecule has 0 aliphatic heterocycles. The van der Waals surface area contributed by atoms with Crippen molar-refractivity contribution >= 4 is 23.3 Å². The second-order valence-electron chi connectivity index (χ2n) is 7.43. The first-order valence-corrected chi connectivity index (χ1v) is 10.9. The van der Waals surface area contributed by atoms with E-state index in [1.165, 1.54) is 0 Å². The molecular formula is C21H28N4O3S. The molecule has 7 nitrogen and oxygen atoms in total. The Morgan fingerprint density at radius 3 is 2.52 bits per heavy atom. The Labute approximate surface area is 175 Å². The van der Waals surface area contributed by atoms with Gasteiger partial charge in [0.25, 0.3) is 5.91 Å². The van der Waals surface area contributed by atoms with Crippen LogP contribution in [-0.2, 0) is 4.79 Å². The van der Waals surface area contributed by atoms with E-state index in [1.54, 1.807) is 17.4 Å². The lowest BCUT2D eigenvalue weighted by atomic mass is 10.00. The number of amides is 2. The summed E-state index contributed by atoms with van der Waals surface area (Å²) in [5.41, 5.74) is 1.01. The van der Waals surface area contributed by atoms with Gasteiger partial charge in [-0.3, -0.25) is 9.59 Å². The molecule has 1 N–H and O–H groups in total. The van der Waals surface area contributed by atoms with Gasteiger partial charge >= 0.3 is 0 Å². The highest BCUT2D eigenvalue weighted by Crippen LogP contribution is 2.29. The summed E-state index contributed by atoms with van der Waals surface area (Å²) >= 11 is 1.13. The molecule has 29 heavy (non-hydrogen) atoms. The first kappa shape index (κ1) is 21.2. The minimum absolute atomic E-state index is 0.148. The Morgan fingerprint density at radius 1 is 1.28 bits per heavy atom. The summed E-state index contributed by atoms with van der Waals surface area (Å²) in [5, 5.41) is 8.74. The van der Waals surface area contributed by atoms with E-state index < -0.39 is 6.04 Å². The molecule has 0 saturated heterocycles. The molecule has 0 unspecified atom stereocenters. The van der Waals surface area contributed by atoms with Crippen molar-refractivity contribution in [1.82, 2.24) is 19.8 Å². The second kappa shape index (κ2) is 9.82. The molecule has 1 saturated carbocycles. The highest BCUT2D eigenvalue weighted by atomic mass is 32.1. The SMILES string of the molecule is CC[C@H](C)N(C(=O)c1csnn1)[C@@H](C(=O)NC1CCCC1)c1ccc(OC)cc1. The lowest BCUT2D eigenvalue weighted by molar-refractivity contribution is -0.127. The Kier molecular flexibility index (Phi) is 7.19. The van der Waals surface area contributed by atoms with Gasteiger partial charge in [-0.1, -0.05) is 36.4 Å². The second-order valence-corrected chi connectivity index (χ2v) is 8.04. The molecular weight excluding hydrogens is 388 g/mol. The molecule has 3 rings (SSSR count). The van der Waals surface area contributed by atoms with Crippen molar-refractivity contribution in [3.05, 3.63) is 40.9 Å². The fourth-order valence-corrected chi connectivity index (χ4v) is 4.16. The summed E-state index contributed by atoms with van der Waals surface area (Å²) < 4.78 is 9.08. The maximum absolute atomic E-state index is 13.4. The number of methoxy groups -OCH3 is 1. The van der Waals surface area contributed by atoms with Crippen LogP contribution < -0.4 is 10.1 Å². The van der Waals surface area contributed by atoms with Gasteiger partial charge in [-0.05, 0) is 55.4 Å². The van der Waals surface area contributed by atoms with Crippen molar-refractivity contribution < 1.29 is 14.3 Å². The molecule has 0 radical (unpaired) electrons. The van der Waals surface area contributed by atoms with Crippen LogP contribution in [0, 0.1) is 0 Å². The van der Waals surface area contributed by atoms with Crippen LogP contribution in [0.4, 0.5) is 0 Å². The largest absolute Gasteiger partial charge is 0.497 e. The summed E-state index contributed by atoms with van der Waals surface area (Å²) in [5.74, 6) is 0.267. The third-order valence-electron chi connectivity index (χ3n) is 5.54. The third kappa shape index (κ3) is 4.93. The first-order chi connectivity index (χ1) is 14.0. The highest BCUT2D eigenvalue weighted by Gasteiger charge is 2.36. The predicted octanol–water partition coefficient (Wildman–Crippen LogP) is 3.59. The van der Waals surface area contributed by atoms with Crippen LogP contribution in [0.1, 0.15) is 68.0 Å². The van der Waals surface area contributed by atoms with Crippen LogP contribution in [0.3, 0.4) is 0 Å². The molecule has 2 aromatic rings. The number of nitrogens with zero attached hydrogens (tertiary/aromatic N) is 3. The number of hydrogen-bond donors (Lipinski definition) is 1. The van der Waals surface area contributed by atoms with Gasteiger partial charge in [0.2, 0.25) is 5.91 Å². The van der Waals surface area contributed by atoms with E-state index in [4.69, 9.17) is 4.74 Å². The zero-order chi connectivity index (χ0) is 20.8. The van der Waals surface area contributed by atoms with Crippen molar-refractivity contribution in [2.75, 3.05) is 7.11 Å². The average molecular weight is 417 g/mol. The van der Waals surface area contributed by atoms with E-state index in [2.05, 4.69) is 14.9 Å². The number of aromatic nitrogens is 2. The smallest absolute Gasteiger partial charge is 0.276 e. The quantitative estimate of drug-likeness (QED) is 0.711. The van der Waals surface area contributed by atoms with Gasteiger partial charge in [-0.2, -0.15) is 0 Å². The van der Waals surface area contributed by atoms with Crippen molar-refractivity contribution in [1.29, 1.82) is 0 Å². The van der Waals surface area contributed by atoms with E-state index in [0.29, 0.717) is 12.2 Å². The van der Waals surface area contributed by atoms with Crippen LogP contribution in [0.15, 0.2) is 29.6 Å². The van der Waals surface area contributed by atoms with Crippen LogP contribution in [0.2, 0.25) is 0 Å². The summed E-state index contributed by atoms with van der Waals surface area (Å²) in [6, 6.07) is 6.60. The summed E-state index contributed by atoms with van der Waals surface area (Å²) in [6.07, 6.45) is 4.92. The van der Waals surface area contributed by atoms with Crippen LogP contribution in [-0.4, -0.2) is 45.5 Å². The zero-order valence-corrected chi connectivity index (χ0v) is 17.9. The fourth-order valence-electron chi connectivity index (χ4n) is 3.73. The lowest BCUT2D eigenvalue weighted by Crippen LogP contribution is -2.49. The molecule has 0 spiro atoms. The summed E-state index contributed by atoms with van der Waals surface area (Å²) in [7, 11) is 1.60. The normalized spacial score (nSPS) is 16.2. The minimum Gasteiger partial charge on any atom is -0.497 e. The van der Waals surface area contributed by atoms with Gasteiger partial charge in [0.05, 0.1) is 7.11 Å². The van der Waals surface area contributed by atoms with Crippen LogP contribution in [0.25, 0.3) is 0 Å².